The first-order valence-corrected chi connectivity index (χ1v) is 9.29. The zero-order chi connectivity index (χ0) is 19.3. The SMILES string of the molecule is N#Cc1ccc(CCCNc2nc(-c3cccc(Cl)c3)cn3ccnc23)nc1. The standard InChI is InChI=1S/C21H17ClN6/c22-17-4-1-3-16(11-17)19-14-28-10-9-25-21(28)20(27-19)24-8-2-5-18-7-6-15(12-23)13-26-18/h1,3-4,6-7,9-11,13-14H,2,5,8H2,(H,24,27). The first-order valence-electron chi connectivity index (χ1n) is 8.91. The van der Waals surface area contributed by atoms with Crippen LogP contribution in [-0.2, 0) is 6.42 Å². The zero-order valence-corrected chi connectivity index (χ0v) is 15.8. The van der Waals surface area contributed by atoms with Gasteiger partial charge in [-0.05, 0) is 37.1 Å². The molecule has 0 unspecified atom stereocenters. The predicted octanol–water partition coefficient (Wildman–Crippen LogP) is 4.36. The number of hydrogen-bond donors (Lipinski definition) is 1. The Morgan fingerprint density at radius 1 is 1.18 bits per heavy atom. The summed E-state index contributed by atoms with van der Waals surface area (Å²) in [6.45, 7) is 0.732. The number of halogens is 1. The minimum Gasteiger partial charge on any atom is -0.367 e. The molecule has 6 nitrogen and oxygen atoms in total. The molecule has 1 aromatic carbocycles. The van der Waals surface area contributed by atoms with Crippen LogP contribution >= 0.6 is 11.6 Å². The van der Waals surface area contributed by atoms with Gasteiger partial charge in [0.15, 0.2) is 11.5 Å². The summed E-state index contributed by atoms with van der Waals surface area (Å²) in [6, 6.07) is 13.4. The molecule has 0 atom stereocenters. The van der Waals surface area contributed by atoms with Crippen LogP contribution in [0.25, 0.3) is 16.9 Å². The van der Waals surface area contributed by atoms with Crippen LogP contribution in [0.2, 0.25) is 5.02 Å². The Morgan fingerprint density at radius 3 is 2.89 bits per heavy atom. The first kappa shape index (κ1) is 18.0. The average molecular weight is 389 g/mol. The topological polar surface area (TPSA) is 78.9 Å². The molecule has 0 aliphatic carbocycles. The number of nitriles is 1. The van der Waals surface area contributed by atoms with Crippen LogP contribution in [0.1, 0.15) is 17.7 Å². The van der Waals surface area contributed by atoms with E-state index in [4.69, 9.17) is 21.8 Å². The summed E-state index contributed by atoms with van der Waals surface area (Å²) < 4.78 is 1.95. The summed E-state index contributed by atoms with van der Waals surface area (Å²) >= 11 is 6.13. The van der Waals surface area contributed by atoms with Crippen molar-refractivity contribution in [1.29, 1.82) is 5.26 Å². The van der Waals surface area contributed by atoms with Crippen molar-refractivity contribution in [3.63, 3.8) is 0 Å². The molecule has 0 fully saturated rings. The van der Waals surface area contributed by atoms with Gasteiger partial charge in [-0.1, -0.05) is 23.7 Å². The maximum absolute atomic E-state index is 8.84. The van der Waals surface area contributed by atoms with E-state index in [1.807, 2.05) is 47.1 Å². The fourth-order valence-corrected chi connectivity index (χ4v) is 3.14. The number of aryl methyl sites for hydroxylation is 1. The number of benzene rings is 1. The summed E-state index contributed by atoms with van der Waals surface area (Å²) in [6.07, 6.45) is 8.90. The zero-order valence-electron chi connectivity index (χ0n) is 15.0. The van der Waals surface area contributed by atoms with E-state index in [0.29, 0.717) is 10.6 Å². The highest BCUT2D eigenvalue weighted by molar-refractivity contribution is 6.30. The molecule has 0 aliphatic heterocycles. The third kappa shape index (κ3) is 3.95. The number of rotatable bonds is 6. The Kier molecular flexibility index (Phi) is 5.18. The van der Waals surface area contributed by atoms with Gasteiger partial charge in [-0.3, -0.25) is 4.98 Å². The van der Waals surface area contributed by atoms with Crippen molar-refractivity contribution < 1.29 is 0 Å². The summed E-state index contributed by atoms with van der Waals surface area (Å²) in [5.41, 5.74) is 4.09. The Bertz CT molecular complexity index is 1140. The molecule has 7 heteroatoms. The van der Waals surface area contributed by atoms with Crippen LogP contribution in [0.3, 0.4) is 0 Å². The maximum Gasteiger partial charge on any atom is 0.180 e. The van der Waals surface area contributed by atoms with E-state index < -0.39 is 0 Å². The lowest BCUT2D eigenvalue weighted by Crippen LogP contribution is -2.08. The number of fused-ring (bicyclic) bond motifs is 1. The molecular weight excluding hydrogens is 372 g/mol. The smallest absolute Gasteiger partial charge is 0.180 e. The van der Waals surface area contributed by atoms with Gasteiger partial charge in [0.2, 0.25) is 0 Å². The van der Waals surface area contributed by atoms with E-state index in [0.717, 1.165) is 47.8 Å². The highest BCUT2D eigenvalue weighted by Gasteiger charge is 2.09. The van der Waals surface area contributed by atoms with Gasteiger partial charge >= 0.3 is 0 Å². The largest absolute Gasteiger partial charge is 0.367 e. The first-order chi connectivity index (χ1) is 13.7. The second-order valence-corrected chi connectivity index (χ2v) is 6.76. The van der Waals surface area contributed by atoms with Crippen molar-refractivity contribution >= 4 is 23.1 Å². The Hall–Kier alpha value is -3.43. The van der Waals surface area contributed by atoms with Gasteiger partial charge < -0.3 is 9.72 Å². The van der Waals surface area contributed by atoms with Crippen LogP contribution in [0.5, 0.6) is 0 Å². The van der Waals surface area contributed by atoms with Crippen LogP contribution in [0.15, 0.2) is 61.2 Å². The van der Waals surface area contributed by atoms with Crippen LogP contribution in [0.4, 0.5) is 5.82 Å². The minimum absolute atomic E-state index is 0.575. The Morgan fingerprint density at radius 2 is 2.11 bits per heavy atom. The monoisotopic (exact) mass is 388 g/mol. The average Bonchev–Trinajstić information content (AvgIpc) is 3.20. The number of nitrogens with one attached hydrogen (secondary N) is 1. The van der Waals surface area contributed by atoms with Gasteiger partial charge in [0.1, 0.15) is 6.07 Å². The summed E-state index contributed by atoms with van der Waals surface area (Å²) in [7, 11) is 0. The molecule has 4 aromatic rings. The van der Waals surface area contributed by atoms with Gasteiger partial charge in [0.25, 0.3) is 0 Å². The van der Waals surface area contributed by atoms with Crippen LogP contribution in [0, 0.1) is 11.3 Å². The lowest BCUT2D eigenvalue weighted by Gasteiger charge is -2.10. The Balaban J connectivity index is 1.48. The molecule has 3 aromatic heterocycles. The number of imidazole rings is 1. The highest BCUT2D eigenvalue weighted by atomic mass is 35.5. The molecule has 0 bridgehead atoms. The van der Waals surface area contributed by atoms with Gasteiger partial charge in [-0.15, -0.1) is 0 Å². The molecular formula is C21H17ClN6. The van der Waals surface area contributed by atoms with Gasteiger partial charge in [-0.2, -0.15) is 5.26 Å². The van der Waals surface area contributed by atoms with E-state index in [1.54, 1.807) is 18.5 Å². The third-order valence-electron chi connectivity index (χ3n) is 4.35. The number of aromatic nitrogens is 4. The molecule has 3 heterocycles. The highest BCUT2D eigenvalue weighted by Crippen LogP contribution is 2.24. The van der Waals surface area contributed by atoms with E-state index in [1.165, 1.54) is 0 Å². The molecule has 0 spiro atoms. The number of anilines is 1. The molecule has 0 aliphatic rings. The quantitative estimate of drug-likeness (QED) is 0.496. The molecule has 1 N–H and O–H groups in total. The lowest BCUT2D eigenvalue weighted by molar-refractivity contribution is 0.832. The van der Waals surface area contributed by atoms with E-state index in [2.05, 4.69) is 21.4 Å². The molecule has 28 heavy (non-hydrogen) atoms. The number of hydrogen-bond acceptors (Lipinski definition) is 5. The van der Waals surface area contributed by atoms with Gasteiger partial charge in [-0.25, -0.2) is 9.97 Å². The lowest BCUT2D eigenvalue weighted by atomic mass is 10.1. The predicted molar refractivity (Wildman–Crippen MR) is 109 cm³/mol. The van der Waals surface area contributed by atoms with Crippen LogP contribution in [-0.4, -0.2) is 25.9 Å². The molecule has 0 amide bonds. The normalized spacial score (nSPS) is 10.7. The van der Waals surface area contributed by atoms with Crippen molar-refractivity contribution in [2.24, 2.45) is 0 Å². The fourth-order valence-electron chi connectivity index (χ4n) is 2.95. The molecule has 138 valence electrons. The van der Waals surface area contributed by atoms with E-state index in [9.17, 15) is 0 Å². The third-order valence-corrected chi connectivity index (χ3v) is 4.59. The summed E-state index contributed by atoms with van der Waals surface area (Å²) in [4.78, 5) is 13.4. The second kappa shape index (κ2) is 8.07. The minimum atomic E-state index is 0.575. The maximum atomic E-state index is 8.84. The number of pyridine rings is 1. The molecule has 0 saturated carbocycles. The number of nitrogens with zero attached hydrogens (tertiary/aromatic N) is 5. The molecule has 0 radical (unpaired) electrons. The van der Waals surface area contributed by atoms with Crippen LogP contribution < -0.4 is 5.32 Å². The fraction of sp³-hybridized carbons (Fsp3) is 0.143. The second-order valence-electron chi connectivity index (χ2n) is 6.32. The summed E-state index contributed by atoms with van der Waals surface area (Å²) in [5.74, 6) is 0.732. The van der Waals surface area contributed by atoms with Crippen molar-refractivity contribution in [2.75, 3.05) is 11.9 Å². The molecule has 0 saturated heterocycles. The van der Waals surface area contributed by atoms with Crippen molar-refractivity contribution in [3.05, 3.63) is 77.5 Å². The van der Waals surface area contributed by atoms with E-state index in [-0.39, 0.29) is 0 Å². The van der Waals surface area contributed by atoms with Crippen molar-refractivity contribution in [1.82, 2.24) is 19.4 Å². The van der Waals surface area contributed by atoms with Gasteiger partial charge in [0, 0.05) is 47.6 Å². The molecule has 4 rings (SSSR count). The van der Waals surface area contributed by atoms with Gasteiger partial charge in [0.05, 0.1) is 11.3 Å². The van der Waals surface area contributed by atoms with E-state index >= 15 is 0 Å². The van der Waals surface area contributed by atoms with Crippen molar-refractivity contribution in [3.8, 4) is 17.3 Å². The summed E-state index contributed by atoms with van der Waals surface area (Å²) in [5, 5.41) is 12.9. The Labute approximate surface area is 167 Å². The van der Waals surface area contributed by atoms with Crippen molar-refractivity contribution in [2.45, 2.75) is 12.8 Å².